The summed E-state index contributed by atoms with van der Waals surface area (Å²) in [5.74, 6) is -0.742. The molecule has 3 aromatic heterocycles. The molecule has 3 aliphatic heterocycles. The molecule has 0 saturated carbocycles. The van der Waals surface area contributed by atoms with Gasteiger partial charge in [0.25, 0.3) is 5.56 Å². The Morgan fingerprint density at radius 1 is 1.08 bits per heavy atom. The fraction of sp³-hybridized carbons (Fsp3) is 0.583. The number of imidazole rings is 1. The molecule has 3 saturated heterocycles. The second kappa shape index (κ2) is 14.4. The number of carbonyl (C=O) groups excluding carboxylic acids is 1. The molecule has 50 heavy (non-hydrogen) atoms. The Labute approximate surface area is 282 Å². The molecule has 0 aromatic carbocycles. The van der Waals surface area contributed by atoms with Gasteiger partial charge in [0.1, 0.15) is 36.3 Å². The first-order valence-corrected chi connectivity index (χ1v) is 19.2. The van der Waals surface area contributed by atoms with Gasteiger partial charge < -0.3 is 29.6 Å². The topological polar surface area (TPSA) is 270 Å². The number of ether oxygens (including phenoxy) is 4. The largest absolute Gasteiger partial charge is 0.509 e. The number of nitrogens with zero attached hydrogens (tertiary/aromatic N) is 5. The van der Waals surface area contributed by atoms with E-state index in [1.807, 2.05) is 4.98 Å². The predicted octanol–water partition coefficient (Wildman–Crippen LogP) is 1.71. The first-order chi connectivity index (χ1) is 23.6. The van der Waals surface area contributed by atoms with E-state index in [0.29, 0.717) is 4.57 Å². The summed E-state index contributed by atoms with van der Waals surface area (Å²) in [6.45, 7) is -3.47. The zero-order chi connectivity index (χ0) is 36.0. The Morgan fingerprint density at radius 2 is 1.74 bits per heavy atom. The van der Waals surface area contributed by atoms with Crippen LogP contribution in [0.2, 0.25) is 0 Å². The van der Waals surface area contributed by atoms with Crippen LogP contribution in [-0.4, -0.2) is 102 Å². The lowest BCUT2D eigenvalue weighted by Crippen LogP contribution is -2.38. The van der Waals surface area contributed by atoms with Gasteiger partial charge >= 0.3 is 26.5 Å². The third-order valence-corrected chi connectivity index (χ3v) is 11.7. The maximum absolute atomic E-state index is 16.1. The van der Waals surface area contributed by atoms with Crippen LogP contribution in [0.5, 0.6) is 0 Å². The molecule has 0 radical (unpaired) electrons. The second-order valence-electron chi connectivity index (χ2n) is 11.1. The summed E-state index contributed by atoms with van der Waals surface area (Å²) in [6.07, 6.45) is -13.8. The van der Waals surface area contributed by atoms with Crippen LogP contribution in [-0.2, 0) is 46.2 Å². The number of alkyl halides is 2. The zero-order valence-electron chi connectivity index (χ0n) is 25.8. The van der Waals surface area contributed by atoms with Crippen LogP contribution in [0, 0.1) is 0 Å². The van der Waals surface area contributed by atoms with Gasteiger partial charge in [-0.1, -0.05) is 0 Å². The summed E-state index contributed by atoms with van der Waals surface area (Å²) in [4.78, 5) is 60.4. The van der Waals surface area contributed by atoms with E-state index in [9.17, 15) is 28.4 Å². The fourth-order valence-electron chi connectivity index (χ4n) is 5.17. The van der Waals surface area contributed by atoms with Crippen LogP contribution in [0.4, 0.5) is 19.4 Å². The van der Waals surface area contributed by atoms with E-state index in [2.05, 4.69) is 15.0 Å². The highest BCUT2D eigenvalue weighted by Crippen LogP contribution is 2.64. The molecular formula is C24H29F2N7O14P2S. The maximum atomic E-state index is 16.1. The highest BCUT2D eigenvalue weighted by atomic mass is 32.7. The smallest absolute Gasteiger partial charge is 0.432 e. The molecule has 0 aliphatic carbocycles. The number of carbonyl (C=O) groups is 1. The summed E-state index contributed by atoms with van der Waals surface area (Å²) in [7, 11) is -5.22. The highest BCUT2D eigenvalue weighted by Gasteiger charge is 2.55. The molecule has 26 heteroatoms. The maximum Gasteiger partial charge on any atom is 0.509 e. The third-order valence-electron chi connectivity index (χ3n) is 7.34. The number of hydrogen-bond acceptors (Lipinski definition) is 18. The van der Waals surface area contributed by atoms with Crippen LogP contribution >= 0.6 is 26.0 Å². The molecule has 6 heterocycles. The zero-order valence-corrected chi connectivity index (χ0v) is 28.4. The van der Waals surface area contributed by atoms with Crippen LogP contribution in [0.1, 0.15) is 26.3 Å². The van der Waals surface area contributed by atoms with Gasteiger partial charge in [-0.3, -0.25) is 37.0 Å². The van der Waals surface area contributed by atoms with E-state index in [4.69, 9.17) is 42.8 Å². The summed E-state index contributed by atoms with van der Waals surface area (Å²) in [5.41, 5.74) is 4.09. The normalized spacial score (nSPS) is 34.8. The van der Waals surface area contributed by atoms with Gasteiger partial charge in [-0.25, -0.2) is 42.5 Å². The van der Waals surface area contributed by atoms with Gasteiger partial charge in [0, 0.05) is 23.6 Å². The van der Waals surface area contributed by atoms with Crippen molar-refractivity contribution in [3.05, 3.63) is 45.8 Å². The van der Waals surface area contributed by atoms with E-state index in [-0.39, 0.29) is 28.4 Å². The number of anilines is 1. The second-order valence-corrected chi connectivity index (χ2v) is 16.5. The molecule has 274 valence electrons. The standard InChI is InChI=1S/C24H29F2N7O14P2S/c1-10(2)43-24(36)40-9-50-49(39)42-6-12-17(14(25)22(45-12)33-8-30-16-19(27)28-7-29-20(16)33)46-48(37,38)41-5-11-18(47-49)15(26)21(44-11)32-4-3-13(34)31-23(32)35/h3-4,7-8,10-12,14-15,17-18,21-22H,5-6,9H2,1-2H3,(H,37,38)(H2,27,28,29)(H,31,34,35)/t11-,12-,14+,15+,17+,18+,21-,22-,49?/m1/s1. The number of H-pyrrole nitrogens is 1. The molecule has 2 unspecified atom stereocenters. The van der Waals surface area contributed by atoms with Crippen molar-refractivity contribution in [1.82, 2.24) is 29.1 Å². The number of aromatic amines is 1. The van der Waals surface area contributed by atoms with Crippen molar-refractivity contribution in [3.63, 3.8) is 0 Å². The molecule has 0 bridgehead atoms. The molecule has 6 rings (SSSR count). The summed E-state index contributed by atoms with van der Waals surface area (Å²) >= 11 is 0.264. The Kier molecular flexibility index (Phi) is 10.5. The summed E-state index contributed by atoms with van der Waals surface area (Å²) in [5, 5.41) is 0. The van der Waals surface area contributed by atoms with Gasteiger partial charge in [-0.15, -0.1) is 0 Å². The van der Waals surface area contributed by atoms with Crippen molar-refractivity contribution < 1.29 is 64.6 Å². The van der Waals surface area contributed by atoms with Crippen LogP contribution < -0.4 is 17.0 Å². The lowest BCUT2D eigenvalue weighted by Gasteiger charge is -2.29. The number of rotatable bonds is 6. The molecule has 10 atom stereocenters. The van der Waals surface area contributed by atoms with Crippen molar-refractivity contribution in [3.8, 4) is 0 Å². The predicted molar refractivity (Wildman–Crippen MR) is 163 cm³/mol. The molecule has 3 fully saturated rings. The van der Waals surface area contributed by atoms with Crippen molar-refractivity contribution in [2.24, 2.45) is 0 Å². The number of aromatic nitrogens is 6. The molecule has 0 amide bonds. The number of halogens is 2. The average molecular weight is 772 g/mol. The number of fused-ring (bicyclic) bond motifs is 3. The molecule has 4 N–H and O–H groups in total. The summed E-state index contributed by atoms with van der Waals surface area (Å²) < 4.78 is 104. The van der Waals surface area contributed by atoms with Gasteiger partial charge in [0.2, 0.25) is 0 Å². The SMILES string of the molecule is CC(C)OC(=O)OCSP1(=O)OC[C@H]2O[C@@H](n3cnc4c(N)ncnc43)[C@@H](F)[C@H]2OP(=O)(O)OC[C@H]2O[C@@H](n3ccc(=O)[nH]c3=O)[C@@H](F)[C@H]2O1. The fourth-order valence-corrected chi connectivity index (χ4v) is 8.91. The first kappa shape index (κ1) is 36.5. The van der Waals surface area contributed by atoms with E-state index >= 15 is 8.78 Å². The number of nitrogen functional groups attached to an aromatic ring is 1. The minimum absolute atomic E-state index is 0.0253. The molecule has 0 spiro atoms. The van der Waals surface area contributed by atoms with Gasteiger partial charge in [-0.05, 0) is 13.8 Å². The summed E-state index contributed by atoms with van der Waals surface area (Å²) in [6, 6.07) is 0.904. The molecule has 3 aromatic rings. The molecular weight excluding hydrogens is 742 g/mol. The van der Waals surface area contributed by atoms with E-state index in [1.54, 1.807) is 13.8 Å². The monoisotopic (exact) mass is 771 g/mol. The number of phosphoric ester groups is 1. The van der Waals surface area contributed by atoms with Crippen molar-refractivity contribution in [1.29, 1.82) is 0 Å². The first-order valence-electron chi connectivity index (χ1n) is 14.5. The molecule has 3 aliphatic rings. The number of phosphoric acid groups is 1. The number of nitrogens with two attached hydrogens (primary N) is 1. The lowest BCUT2D eigenvalue weighted by atomic mass is 10.1. The minimum atomic E-state index is -5.22. The lowest BCUT2D eigenvalue weighted by molar-refractivity contribution is -0.0619. The van der Waals surface area contributed by atoms with E-state index < -0.39 is 106 Å². The van der Waals surface area contributed by atoms with Crippen molar-refractivity contribution in [2.45, 2.75) is 69.2 Å². The van der Waals surface area contributed by atoms with E-state index in [0.717, 1.165) is 29.5 Å². The van der Waals surface area contributed by atoms with Crippen molar-refractivity contribution in [2.75, 3.05) is 24.9 Å². The van der Waals surface area contributed by atoms with Crippen molar-refractivity contribution >= 4 is 49.1 Å². The van der Waals surface area contributed by atoms with Gasteiger partial charge in [-0.2, -0.15) is 0 Å². The van der Waals surface area contributed by atoms with Crippen LogP contribution in [0.15, 0.2) is 34.5 Å². The number of hydrogen-bond donors (Lipinski definition) is 3. The van der Waals surface area contributed by atoms with E-state index in [1.165, 1.54) is 0 Å². The number of nitrogens with one attached hydrogen (secondary N) is 1. The minimum Gasteiger partial charge on any atom is -0.432 e. The Morgan fingerprint density at radius 3 is 2.42 bits per heavy atom. The Hall–Kier alpha value is -3.31. The van der Waals surface area contributed by atoms with Crippen LogP contribution in [0.3, 0.4) is 0 Å². The van der Waals surface area contributed by atoms with Gasteiger partial charge in [0.05, 0.1) is 25.6 Å². The quantitative estimate of drug-likeness (QED) is 0.183. The van der Waals surface area contributed by atoms with Gasteiger partial charge in [0.15, 0.2) is 42.2 Å². The molecule has 21 nitrogen and oxygen atoms in total. The van der Waals surface area contributed by atoms with Crippen LogP contribution in [0.25, 0.3) is 11.2 Å². The highest BCUT2D eigenvalue weighted by molar-refractivity contribution is 8.55. The average Bonchev–Trinajstić information content (AvgIpc) is 3.69. The Bertz CT molecular complexity index is 1950. The Balaban J connectivity index is 1.31. The third kappa shape index (κ3) is 7.64.